The molecule has 0 aliphatic rings. The van der Waals surface area contributed by atoms with Crippen molar-refractivity contribution in [1.82, 2.24) is 14.8 Å². The molecule has 6 nitrogen and oxygen atoms in total. The molecule has 0 radical (unpaired) electrons. The van der Waals surface area contributed by atoms with E-state index < -0.39 is 0 Å². The summed E-state index contributed by atoms with van der Waals surface area (Å²) in [5.41, 5.74) is 1.85. The number of benzene rings is 1. The predicted molar refractivity (Wildman–Crippen MR) is 111 cm³/mol. The van der Waals surface area contributed by atoms with Gasteiger partial charge in [-0.25, -0.2) is 4.98 Å². The molecule has 8 heteroatoms. The number of aromatic nitrogens is 3. The van der Waals surface area contributed by atoms with Crippen LogP contribution in [0.3, 0.4) is 0 Å². The van der Waals surface area contributed by atoms with Crippen molar-refractivity contribution >= 4 is 34.9 Å². The first-order chi connectivity index (χ1) is 13.3. The molecule has 1 amide bonds. The van der Waals surface area contributed by atoms with E-state index in [0.29, 0.717) is 39.0 Å². The van der Waals surface area contributed by atoms with E-state index in [1.807, 2.05) is 31.2 Å². The van der Waals surface area contributed by atoms with Crippen LogP contribution in [-0.2, 0) is 4.79 Å². The molecule has 0 saturated heterocycles. The maximum Gasteiger partial charge on any atom is 0.263 e. The van der Waals surface area contributed by atoms with Gasteiger partial charge in [0.05, 0.1) is 15.7 Å². The largest absolute Gasteiger partial charge is 0.484 e. The average molecular weight is 419 g/mol. The summed E-state index contributed by atoms with van der Waals surface area (Å²) in [5, 5.41) is 7.87. The highest BCUT2D eigenvalue weighted by molar-refractivity contribution is 6.35. The summed E-state index contributed by atoms with van der Waals surface area (Å²) in [4.78, 5) is 16.6. The molecular weight excluding hydrogens is 399 g/mol. The number of carbonyl (C=O) groups is 1. The Bertz CT molecular complexity index is 1000. The molecule has 0 fully saturated rings. The summed E-state index contributed by atoms with van der Waals surface area (Å²) >= 11 is 12.1. The van der Waals surface area contributed by atoms with E-state index in [1.54, 1.807) is 12.1 Å². The van der Waals surface area contributed by atoms with Crippen LogP contribution in [0.5, 0.6) is 5.75 Å². The summed E-state index contributed by atoms with van der Waals surface area (Å²) in [6.07, 6.45) is 1.47. The maximum absolute atomic E-state index is 12.4. The number of aryl methyl sites for hydroxylation is 1. The Labute approximate surface area is 173 Å². The Morgan fingerprint density at radius 3 is 2.75 bits per heavy atom. The molecule has 2 aromatic heterocycles. The number of rotatable bonds is 6. The monoisotopic (exact) mass is 418 g/mol. The van der Waals surface area contributed by atoms with Crippen molar-refractivity contribution in [2.45, 2.75) is 26.7 Å². The highest BCUT2D eigenvalue weighted by atomic mass is 35.5. The highest BCUT2D eigenvalue weighted by Gasteiger charge is 2.15. The van der Waals surface area contributed by atoms with Crippen LogP contribution in [0.15, 0.2) is 42.6 Å². The van der Waals surface area contributed by atoms with Crippen molar-refractivity contribution in [3.63, 3.8) is 0 Å². The van der Waals surface area contributed by atoms with Crippen molar-refractivity contribution < 1.29 is 9.53 Å². The molecule has 1 aromatic carbocycles. The SMILES string of the molecule is Cc1cc(NC(=O)COc2cccc(C(C)C)c2)n(-c2ncc(Cl)cc2Cl)n1. The third kappa shape index (κ3) is 4.82. The molecule has 28 heavy (non-hydrogen) atoms. The molecule has 0 aliphatic heterocycles. The number of amides is 1. The Hall–Kier alpha value is -2.57. The van der Waals surface area contributed by atoms with E-state index >= 15 is 0 Å². The number of hydrogen-bond donors (Lipinski definition) is 1. The van der Waals surface area contributed by atoms with Crippen molar-refractivity contribution in [1.29, 1.82) is 0 Å². The van der Waals surface area contributed by atoms with E-state index in [4.69, 9.17) is 27.9 Å². The van der Waals surface area contributed by atoms with Crippen molar-refractivity contribution in [3.8, 4) is 11.6 Å². The van der Waals surface area contributed by atoms with Crippen LogP contribution in [0.2, 0.25) is 10.0 Å². The average Bonchev–Trinajstić information content (AvgIpc) is 3.00. The lowest BCUT2D eigenvalue weighted by Crippen LogP contribution is -2.22. The van der Waals surface area contributed by atoms with E-state index in [1.165, 1.54) is 10.9 Å². The van der Waals surface area contributed by atoms with Gasteiger partial charge in [0, 0.05) is 12.3 Å². The van der Waals surface area contributed by atoms with Gasteiger partial charge < -0.3 is 10.1 Å². The third-order valence-corrected chi connectivity index (χ3v) is 4.47. The first kappa shape index (κ1) is 20.2. The molecule has 2 heterocycles. The standard InChI is InChI=1S/C20H20Cl2N4O2/c1-12(2)14-5-4-6-16(8-14)28-11-19(27)24-18-7-13(3)25-26(18)20-17(22)9-15(21)10-23-20/h4-10,12H,11H2,1-3H3,(H,24,27). The fourth-order valence-electron chi connectivity index (χ4n) is 2.60. The summed E-state index contributed by atoms with van der Waals surface area (Å²) in [6, 6.07) is 11.0. The highest BCUT2D eigenvalue weighted by Crippen LogP contribution is 2.25. The van der Waals surface area contributed by atoms with Gasteiger partial charge in [0.25, 0.3) is 5.91 Å². The quantitative estimate of drug-likeness (QED) is 0.609. The minimum atomic E-state index is -0.318. The Morgan fingerprint density at radius 2 is 2.04 bits per heavy atom. The number of hydrogen-bond acceptors (Lipinski definition) is 4. The van der Waals surface area contributed by atoms with Gasteiger partial charge in [0.2, 0.25) is 0 Å². The summed E-state index contributed by atoms with van der Waals surface area (Å²) in [7, 11) is 0. The molecule has 0 saturated carbocycles. The second-order valence-corrected chi connectivity index (χ2v) is 7.45. The molecule has 0 spiro atoms. The fourth-order valence-corrected chi connectivity index (χ4v) is 3.06. The van der Waals surface area contributed by atoms with E-state index in [0.717, 1.165) is 5.56 Å². The molecule has 0 atom stereocenters. The number of pyridine rings is 1. The molecule has 0 bridgehead atoms. The van der Waals surface area contributed by atoms with Crippen molar-refractivity contribution in [2.75, 3.05) is 11.9 Å². The fraction of sp³-hybridized carbons (Fsp3) is 0.250. The van der Waals surface area contributed by atoms with E-state index in [-0.39, 0.29) is 12.5 Å². The van der Waals surface area contributed by atoms with Crippen LogP contribution in [0.1, 0.15) is 31.0 Å². The van der Waals surface area contributed by atoms with Crippen molar-refractivity contribution in [2.24, 2.45) is 0 Å². The van der Waals surface area contributed by atoms with Crippen molar-refractivity contribution in [3.05, 3.63) is 63.9 Å². The van der Waals surface area contributed by atoms with Crippen LogP contribution in [0, 0.1) is 6.92 Å². The van der Waals surface area contributed by atoms with E-state index in [2.05, 4.69) is 29.2 Å². The lowest BCUT2D eigenvalue weighted by Gasteiger charge is -2.11. The van der Waals surface area contributed by atoms with Gasteiger partial charge in [0.15, 0.2) is 12.4 Å². The molecule has 1 N–H and O–H groups in total. The predicted octanol–water partition coefficient (Wildman–Crippen LogP) is 5.02. The first-order valence-corrected chi connectivity index (χ1v) is 9.50. The van der Waals surface area contributed by atoms with Gasteiger partial charge in [-0.1, -0.05) is 49.2 Å². The Balaban J connectivity index is 1.72. The Morgan fingerprint density at radius 1 is 1.25 bits per heavy atom. The number of nitrogens with zero attached hydrogens (tertiary/aromatic N) is 3. The molecule has 3 rings (SSSR count). The lowest BCUT2D eigenvalue weighted by molar-refractivity contribution is -0.118. The minimum Gasteiger partial charge on any atom is -0.484 e. The zero-order valence-electron chi connectivity index (χ0n) is 15.7. The zero-order valence-corrected chi connectivity index (χ0v) is 17.3. The second kappa shape index (κ2) is 8.63. The van der Waals surface area contributed by atoms with Gasteiger partial charge in [-0.05, 0) is 36.6 Å². The minimum absolute atomic E-state index is 0.131. The molecule has 0 unspecified atom stereocenters. The second-order valence-electron chi connectivity index (χ2n) is 6.61. The van der Waals surface area contributed by atoms with Gasteiger partial charge in [-0.15, -0.1) is 0 Å². The van der Waals surface area contributed by atoms with Crippen LogP contribution >= 0.6 is 23.2 Å². The van der Waals surface area contributed by atoms with Gasteiger partial charge in [-0.3, -0.25) is 4.79 Å². The number of halogens is 2. The summed E-state index contributed by atoms with van der Waals surface area (Å²) < 4.78 is 7.09. The smallest absolute Gasteiger partial charge is 0.263 e. The zero-order chi connectivity index (χ0) is 20.3. The number of anilines is 1. The van der Waals surface area contributed by atoms with Crippen LogP contribution in [0.25, 0.3) is 5.82 Å². The number of carbonyl (C=O) groups excluding carboxylic acids is 1. The summed E-state index contributed by atoms with van der Waals surface area (Å²) in [5.74, 6) is 1.53. The van der Waals surface area contributed by atoms with Gasteiger partial charge in [-0.2, -0.15) is 9.78 Å². The summed E-state index contributed by atoms with van der Waals surface area (Å²) in [6.45, 7) is 5.88. The van der Waals surface area contributed by atoms with Gasteiger partial charge in [0.1, 0.15) is 11.6 Å². The van der Waals surface area contributed by atoms with Crippen LogP contribution in [0.4, 0.5) is 5.82 Å². The third-order valence-electron chi connectivity index (χ3n) is 3.98. The lowest BCUT2D eigenvalue weighted by atomic mass is 10.0. The number of ether oxygens (including phenoxy) is 1. The maximum atomic E-state index is 12.4. The molecular formula is C20H20Cl2N4O2. The van der Waals surface area contributed by atoms with Crippen LogP contribution in [-0.4, -0.2) is 27.3 Å². The topological polar surface area (TPSA) is 69.0 Å². The molecule has 146 valence electrons. The molecule has 0 aliphatic carbocycles. The molecule has 3 aromatic rings. The Kier molecular flexibility index (Phi) is 6.21. The number of nitrogens with one attached hydrogen (secondary N) is 1. The normalized spacial score (nSPS) is 10.9. The van der Waals surface area contributed by atoms with Crippen LogP contribution < -0.4 is 10.1 Å². The first-order valence-electron chi connectivity index (χ1n) is 8.74. The van der Waals surface area contributed by atoms with Gasteiger partial charge >= 0.3 is 0 Å². The van der Waals surface area contributed by atoms with E-state index in [9.17, 15) is 4.79 Å².